The van der Waals surface area contributed by atoms with E-state index in [0.29, 0.717) is 17.5 Å². The molecule has 0 spiro atoms. The predicted octanol–water partition coefficient (Wildman–Crippen LogP) is 3.78. The van der Waals surface area contributed by atoms with Crippen LogP contribution in [0.5, 0.6) is 0 Å². The zero-order valence-electron chi connectivity index (χ0n) is 17.8. The molecule has 2 heterocycles. The minimum atomic E-state index is -0.491. The maximum absolute atomic E-state index is 12.2. The summed E-state index contributed by atoms with van der Waals surface area (Å²) in [7, 11) is 0. The fourth-order valence-corrected chi connectivity index (χ4v) is 3.76. The number of benzene rings is 1. The summed E-state index contributed by atoms with van der Waals surface area (Å²) in [4.78, 5) is 28.2. The van der Waals surface area contributed by atoms with Crippen molar-refractivity contribution in [2.45, 2.75) is 38.3 Å². The van der Waals surface area contributed by atoms with Crippen molar-refractivity contribution in [3.63, 3.8) is 0 Å². The van der Waals surface area contributed by atoms with Gasteiger partial charge in [0, 0.05) is 24.5 Å². The van der Waals surface area contributed by atoms with Gasteiger partial charge in [-0.05, 0) is 36.1 Å². The number of nitrogens with zero attached hydrogens (tertiary/aromatic N) is 4. The predicted molar refractivity (Wildman–Crippen MR) is 121 cm³/mol. The molecular formula is C22H26N6O2S. The maximum atomic E-state index is 12.2. The Balaban J connectivity index is 1.91. The van der Waals surface area contributed by atoms with Crippen LogP contribution < -0.4 is 10.6 Å². The van der Waals surface area contributed by atoms with Crippen molar-refractivity contribution in [2.75, 3.05) is 12.3 Å². The largest absolute Gasteiger partial charge is 0.338 e. The summed E-state index contributed by atoms with van der Waals surface area (Å²) in [6.45, 7) is 6.71. The van der Waals surface area contributed by atoms with Crippen LogP contribution in [0.3, 0.4) is 0 Å². The van der Waals surface area contributed by atoms with Gasteiger partial charge in [0.2, 0.25) is 5.91 Å². The lowest BCUT2D eigenvalue weighted by Crippen LogP contribution is -2.40. The summed E-state index contributed by atoms with van der Waals surface area (Å²) in [6, 6.07) is 11.3. The van der Waals surface area contributed by atoms with Gasteiger partial charge in [0.05, 0.1) is 11.4 Å². The quantitative estimate of drug-likeness (QED) is 0.519. The molecule has 0 saturated carbocycles. The molecule has 0 fully saturated rings. The molecule has 3 amide bonds. The smallest absolute Gasteiger partial charge is 0.321 e. The van der Waals surface area contributed by atoms with Crippen molar-refractivity contribution in [2.24, 2.45) is 0 Å². The van der Waals surface area contributed by atoms with Gasteiger partial charge in [0.15, 0.2) is 11.0 Å². The Kier molecular flexibility index (Phi) is 7.77. The highest BCUT2D eigenvalue weighted by Gasteiger charge is 2.20. The van der Waals surface area contributed by atoms with Gasteiger partial charge in [0.25, 0.3) is 0 Å². The highest BCUT2D eigenvalue weighted by molar-refractivity contribution is 7.99. The number of hydrogen-bond donors (Lipinski definition) is 2. The summed E-state index contributed by atoms with van der Waals surface area (Å²) in [5.41, 5.74) is 2.91. The van der Waals surface area contributed by atoms with Crippen LogP contribution in [0.4, 0.5) is 4.79 Å². The van der Waals surface area contributed by atoms with Crippen molar-refractivity contribution < 1.29 is 9.59 Å². The molecule has 0 aliphatic rings. The number of pyridine rings is 1. The average Bonchev–Trinajstić information content (AvgIpc) is 3.20. The first-order valence-electron chi connectivity index (χ1n) is 10.2. The molecule has 0 aliphatic carbocycles. The molecule has 3 aromatic rings. The van der Waals surface area contributed by atoms with E-state index in [1.54, 1.807) is 12.4 Å². The minimum Gasteiger partial charge on any atom is -0.338 e. The second-order valence-corrected chi connectivity index (χ2v) is 8.13. The van der Waals surface area contributed by atoms with Crippen LogP contribution in [-0.2, 0) is 4.79 Å². The van der Waals surface area contributed by atoms with Crippen molar-refractivity contribution in [3.8, 4) is 17.1 Å². The lowest BCUT2D eigenvalue weighted by molar-refractivity contribution is -0.117. The first kappa shape index (κ1) is 22.5. The second-order valence-electron chi connectivity index (χ2n) is 7.19. The Morgan fingerprint density at radius 1 is 1.13 bits per heavy atom. The molecule has 0 saturated heterocycles. The van der Waals surface area contributed by atoms with Gasteiger partial charge in [-0.25, -0.2) is 4.79 Å². The molecule has 162 valence electrons. The first-order valence-corrected chi connectivity index (χ1v) is 11.2. The van der Waals surface area contributed by atoms with E-state index in [-0.39, 0.29) is 11.7 Å². The lowest BCUT2D eigenvalue weighted by atomic mass is 10.0. The van der Waals surface area contributed by atoms with Gasteiger partial charge in [-0.1, -0.05) is 50.7 Å². The van der Waals surface area contributed by atoms with Crippen LogP contribution in [0.15, 0.2) is 53.9 Å². The molecule has 2 N–H and O–H groups in total. The number of para-hydroxylation sites is 1. The molecule has 31 heavy (non-hydrogen) atoms. The highest BCUT2D eigenvalue weighted by atomic mass is 32.2. The van der Waals surface area contributed by atoms with Gasteiger partial charge in [0.1, 0.15) is 0 Å². The average molecular weight is 439 g/mol. The molecular weight excluding hydrogens is 412 g/mol. The second kappa shape index (κ2) is 10.7. The standard InChI is InChI=1S/C22H26N6O2S/c1-4-11-24-21(30)25-19(29)14-31-22-27-26-20(16-8-7-12-23-13-16)28(22)18-10-6-5-9-17(18)15(2)3/h5-10,12-13,15H,4,11,14H2,1-3H3,(H2,24,25,29,30). The van der Waals surface area contributed by atoms with E-state index in [2.05, 4.69) is 45.7 Å². The van der Waals surface area contributed by atoms with E-state index in [1.165, 1.54) is 11.8 Å². The molecule has 9 heteroatoms. The molecule has 3 rings (SSSR count). The number of rotatable bonds is 8. The summed E-state index contributed by atoms with van der Waals surface area (Å²) < 4.78 is 1.95. The van der Waals surface area contributed by atoms with E-state index >= 15 is 0 Å². The van der Waals surface area contributed by atoms with Crippen LogP contribution in [0.1, 0.15) is 38.7 Å². The number of carbonyl (C=O) groups excluding carboxylic acids is 2. The topological polar surface area (TPSA) is 102 Å². The van der Waals surface area contributed by atoms with E-state index in [4.69, 9.17) is 0 Å². The van der Waals surface area contributed by atoms with Crippen molar-refractivity contribution >= 4 is 23.7 Å². The summed E-state index contributed by atoms with van der Waals surface area (Å²) >= 11 is 1.23. The molecule has 2 aromatic heterocycles. The minimum absolute atomic E-state index is 0.0363. The number of nitrogens with one attached hydrogen (secondary N) is 2. The molecule has 0 atom stereocenters. The van der Waals surface area contributed by atoms with Crippen molar-refractivity contribution in [1.29, 1.82) is 0 Å². The number of carbonyl (C=O) groups is 2. The van der Waals surface area contributed by atoms with E-state index in [1.807, 2.05) is 41.8 Å². The third kappa shape index (κ3) is 5.69. The Morgan fingerprint density at radius 2 is 1.94 bits per heavy atom. The number of thioether (sulfide) groups is 1. The van der Waals surface area contributed by atoms with Crippen LogP contribution in [0, 0.1) is 0 Å². The SMILES string of the molecule is CCCNC(=O)NC(=O)CSc1nnc(-c2cccnc2)n1-c1ccccc1C(C)C. The van der Waals surface area contributed by atoms with E-state index in [0.717, 1.165) is 23.2 Å². The molecule has 0 bridgehead atoms. The zero-order valence-corrected chi connectivity index (χ0v) is 18.6. The monoisotopic (exact) mass is 438 g/mol. The van der Waals surface area contributed by atoms with Gasteiger partial charge in [-0.15, -0.1) is 10.2 Å². The number of amides is 3. The fraction of sp³-hybridized carbons (Fsp3) is 0.318. The Bertz CT molecular complexity index is 1040. The van der Waals surface area contributed by atoms with Gasteiger partial charge >= 0.3 is 6.03 Å². The Labute approximate surface area is 185 Å². The van der Waals surface area contributed by atoms with Crippen molar-refractivity contribution in [3.05, 3.63) is 54.4 Å². The number of urea groups is 1. The molecule has 0 aliphatic heterocycles. The number of imide groups is 1. The zero-order chi connectivity index (χ0) is 22.2. The fourth-order valence-electron chi connectivity index (χ4n) is 3.02. The molecule has 8 nitrogen and oxygen atoms in total. The lowest BCUT2D eigenvalue weighted by Gasteiger charge is -2.16. The van der Waals surface area contributed by atoms with E-state index in [9.17, 15) is 9.59 Å². The van der Waals surface area contributed by atoms with Crippen molar-refractivity contribution in [1.82, 2.24) is 30.4 Å². The Morgan fingerprint density at radius 3 is 2.65 bits per heavy atom. The molecule has 0 radical (unpaired) electrons. The third-order valence-corrected chi connectivity index (χ3v) is 5.40. The third-order valence-electron chi connectivity index (χ3n) is 4.47. The van der Waals surface area contributed by atoms with Crippen LogP contribution in [0.25, 0.3) is 17.1 Å². The van der Waals surface area contributed by atoms with E-state index < -0.39 is 11.9 Å². The number of hydrogen-bond acceptors (Lipinski definition) is 6. The highest BCUT2D eigenvalue weighted by Crippen LogP contribution is 2.31. The molecule has 0 unspecified atom stereocenters. The van der Waals surface area contributed by atoms with Crippen LogP contribution in [0.2, 0.25) is 0 Å². The normalized spacial score (nSPS) is 10.8. The van der Waals surface area contributed by atoms with Crippen LogP contribution in [-0.4, -0.2) is 44.0 Å². The first-order chi connectivity index (χ1) is 15.0. The van der Waals surface area contributed by atoms with Gasteiger partial charge in [-0.3, -0.25) is 19.7 Å². The maximum Gasteiger partial charge on any atom is 0.321 e. The summed E-state index contributed by atoms with van der Waals surface area (Å²) in [5.74, 6) is 0.566. The molecule has 1 aromatic carbocycles. The number of aromatic nitrogens is 4. The Hall–Kier alpha value is -3.20. The summed E-state index contributed by atoms with van der Waals surface area (Å²) in [5, 5.41) is 14.2. The summed E-state index contributed by atoms with van der Waals surface area (Å²) in [6.07, 6.45) is 4.24. The van der Waals surface area contributed by atoms with Crippen LogP contribution >= 0.6 is 11.8 Å². The van der Waals surface area contributed by atoms with Gasteiger partial charge in [-0.2, -0.15) is 0 Å². The van der Waals surface area contributed by atoms with Gasteiger partial charge < -0.3 is 5.32 Å².